The smallest absolute Gasteiger partial charge is 0.318 e. The maximum absolute atomic E-state index is 13.1. The SMILES string of the molecule is Cc1ccccc1[C@@H](NC(=O)N1CCC2(CC1)CNC(=O)C2)c1ccncc1. The van der Waals surface area contributed by atoms with Crippen LogP contribution in [0.3, 0.4) is 0 Å². The molecule has 2 N–H and O–H groups in total. The summed E-state index contributed by atoms with van der Waals surface area (Å²) >= 11 is 0. The summed E-state index contributed by atoms with van der Waals surface area (Å²) < 4.78 is 0. The van der Waals surface area contributed by atoms with Crippen molar-refractivity contribution >= 4 is 11.9 Å². The number of hydrogen-bond donors (Lipinski definition) is 2. The molecule has 1 spiro atoms. The van der Waals surface area contributed by atoms with Gasteiger partial charge in [-0.15, -0.1) is 0 Å². The molecule has 3 amide bonds. The second kappa shape index (κ2) is 7.62. The van der Waals surface area contributed by atoms with Gasteiger partial charge in [0.05, 0.1) is 6.04 Å². The number of piperidine rings is 1. The Hall–Kier alpha value is -2.89. The van der Waals surface area contributed by atoms with E-state index in [4.69, 9.17) is 0 Å². The lowest BCUT2D eigenvalue weighted by Gasteiger charge is -2.38. The Bertz CT molecular complexity index is 860. The van der Waals surface area contributed by atoms with Crippen LogP contribution in [0.5, 0.6) is 0 Å². The lowest BCUT2D eigenvalue weighted by Crippen LogP contribution is -2.48. The molecule has 2 aromatic rings. The number of benzene rings is 1. The number of nitrogens with one attached hydrogen (secondary N) is 2. The minimum absolute atomic E-state index is 0.0361. The van der Waals surface area contributed by atoms with Crippen LogP contribution in [0.2, 0.25) is 0 Å². The van der Waals surface area contributed by atoms with Crippen LogP contribution in [-0.4, -0.2) is 41.5 Å². The molecule has 1 aromatic carbocycles. The van der Waals surface area contributed by atoms with Crippen molar-refractivity contribution in [1.29, 1.82) is 0 Å². The third-order valence-corrected chi connectivity index (χ3v) is 6.11. The molecule has 0 bridgehead atoms. The highest BCUT2D eigenvalue weighted by atomic mass is 16.2. The first kappa shape index (κ1) is 18.5. The van der Waals surface area contributed by atoms with Crippen molar-refractivity contribution in [3.8, 4) is 0 Å². The first-order valence-electron chi connectivity index (χ1n) is 9.84. The average molecular weight is 378 g/mol. The minimum atomic E-state index is -0.220. The van der Waals surface area contributed by atoms with E-state index in [0.29, 0.717) is 19.5 Å². The van der Waals surface area contributed by atoms with Gasteiger partial charge in [0.15, 0.2) is 0 Å². The van der Waals surface area contributed by atoms with Crippen LogP contribution in [0.1, 0.15) is 42.0 Å². The Morgan fingerprint density at radius 1 is 1.18 bits per heavy atom. The molecule has 3 heterocycles. The van der Waals surface area contributed by atoms with Crippen molar-refractivity contribution in [2.45, 2.75) is 32.2 Å². The molecule has 146 valence electrons. The van der Waals surface area contributed by atoms with Gasteiger partial charge >= 0.3 is 6.03 Å². The van der Waals surface area contributed by atoms with Gasteiger partial charge in [-0.05, 0) is 54.0 Å². The number of nitrogens with zero attached hydrogens (tertiary/aromatic N) is 2. The van der Waals surface area contributed by atoms with Crippen LogP contribution in [0, 0.1) is 12.3 Å². The summed E-state index contributed by atoms with van der Waals surface area (Å²) in [6.07, 6.45) is 5.82. The molecular formula is C22H26N4O2. The van der Waals surface area contributed by atoms with Crippen LogP contribution >= 0.6 is 0 Å². The molecule has 1 atom stereocenters. The topological polar surface area (TPSA) is 74.3 Å². The third kappa shape index (κ3) is 3.72. The van der Waals surface area contributed by atoms with E-state index in [9.17, 15) is 9.59 Å². The average Bonchev–Trinajstić information content (AvgIpc) is 3.08. The molecule has 2 aliphatic rings. The largest absolute Gasteiger partial charge is 0.356 e. The Labute approximate surface area is 165 Å². The molecule has 0 saturated carbocycles. The fourth-order valence-corrected chi connectivity index (χ4v) is 4.31. The summed E-state index contributed by atoms with van der Waals surface area (Å²) in [5.74, 6) is 0.134. The molecule has 28 heavy (non-hydrogen) atoms. The zero-order valence-electron chi connectivity index (χ0n) is 16.1. The molecular weight excluding hydrogens is 352 g/mol. The Morgan fingerprint density at radius 3 is 2.54 bits per heavy atom. The number of carbonyl (C=O) groups excluding carboxylic acids is 2. The van der Waals surface area contributed by atoms with Crippen molar-refractivity contribution < 1.29 is 9.59 Å². The number of likely N-dealkylation sites (tertiary alicyclic amines) is 1. The van der Waals surface area contributed by atoms with Gasteiger partial charge < -0.3 is 15.5 Å². The van der Waals surface area contributed by atoms with Gasteiger partial charge in [0, 0.05) is 38.4 Å². The van der Waals surface area contributed by atoms with Crippen LogP contribution in [0.4, 0.5) is 4.79 Å². The fraction of sp³-hybridized carbons (Fsp3) is 0.409. The van der Waals surface area contributed by atoms with E-state index in [0.717, 1.165) is 36.1 Å². The second-order valence-corrected chi connectivity index (χ2v) is 7.96. The van der Waals surface area contributed by atoms with E-state index < -0.39 is 0 Å². The maximum Gasteiger partial charge on any atom is 0.318 e. The van der Waals surface area contributed by atoms with Gasteiger partial charge in [-0.1, -0.05) is 24.3 Å². The standard InChI is InChI=1S/C22H26N4O2/c1-16-4-2-3-5-18(16)20(17-6-10-23-11-7-17)25-21(28)26-12-8-22(9-13-26)14-19(27)24-15-22/h2-7,10-11,20H,8-9,12-15H2,1H3,(H,24,27)(H,25,28)/t20-/m0/s1. The van der Waals surface area contributed by atoms with E-state index in [1.54, 1.807) is 12.4 Å². The highest BCUT2D eigenvalue weighted by Crippen LogP contribution is 2.37. The predicted octanol–water partition coefficient (Wildman–Crippen LogP) is 2.79. The number of aromatic nitrogens is 1. The molecule has 2 saturated heterocycles. The van der Waals surface area contributed by atoms with Crippen LogP contribution < -0.4 is 10.6 Å². The molecule has 0 unspecified atom stereocenters. The minimum Gasteiger partial charge on any atom is -0.356 e. The quantitative estimate of drug-likeness (QED) is 0.862. The number of aryl methyl sites for hydroxylation is 1. The van der Waals surface area contributed by atoms with E-state index >= 15 is 0 Å². The van der Waals surface area contributed by atoms with Gasteiger partial charge in [0.2, 0.25) is 5.91 Å². The molecule has 6 nitrogen and oxygen atoms in total. The summed E-state index contributed by atoms with van der Waals surface area (Å²) in [7, 11) is 0. The zero-order chi connectivity index (χ0) is 19.6. The molecule has 2 fully saturated rings. The Kier molecular flexibility index (Phi) is 5.03. The van der Waals surface area contributed by atoms with Crippen LogP contribution in [0.25, 0.3) is 0 Å². The normalized spacial score (nSPS) is 19.3. The van der Waals surface area contributed by atoms with Crippen molar-refractivity contribution in [3.63, 3.8) is 0 Å². The van der Waals surface area contributed by atoms with Gasteiger partial charge in [-0.25, -0.2) is 4.79 Å². The lowest BCUT2D eigenvalue weighted by molar-refractivity contribution is -0.119. The first-order chi connectivity index (χ1) is 13.6. The summed E-state index contributed by atoms with van der Waals surface area (Å²) in [6.45, 7) is 4.16. The summed E-state index contributed by atoms with van der Waals surface area (Å²) in [5.41, 5.74) is 3.27. The summed E-state index contributed by atoms with van der Waals surface area (Å²) in [5, 5.41) is 6.17. The molecule has 6 heteroatoms. The molecule has 0 radical (unpaired) electrons. The number of pyridine rings is 1. The number of hydrogen-bond acceptors (Lipinski definition) is 3. The third-order valence-electron chi connectivity index (χ3n) is 6.11. The molecule has 2 aliphatic heterocycles. The number of amides is 3. The maximum atomic E-state index is 13.1. The van der Waals surface area contributed by atoms with Crippen molar-refractivity contribution in [3.05, 3.63) is 65.5 Å². The summed E-state index contributed by atoms with van der Waals surface area (Å²) in [6, 6.07) is 11.7. The monoisotopic (exact) mass is 378 g/mol. The van der Waals surface area contributed by atoms with Gasteiger partial charge in [0.1, 0.15) is 0 Å². The van der Waals surface area contributed by atoms with E-state index in [1.807, 2.05) is 29.2 Å². The van der Waals surface area contributed by atoms with Crippen molar-refractivity contribution in [2.24, 2.45) is 5.41 Å². The first-order valence-corrected chi connectivity index (χ1v) is 9.84. The second-order valence-electron chi connectivity index (χ2n) is 7.96. The van der Waals surface area contributed by atoms with Crippen molar-refractivity contribution in [2.75, 3.05) is 19.6 Å². The zero-order valence-corrected chi connectivity index (χ0v) is 16.1. The van der Waals surface area contributed by atoms with E-state index in [-0.39, 0.29) is 23.4 Å². The highest BCUT2D eigenvalue weighted by Gasteiger charge is 2.41. The predicted molar refractivity (Wildman–Crippen MR) is 107 cm³/mol. The Balaban J connectivity index is 1.49. The lowest BCUT2D eigenvalue weighted by atomic mass is 9.78. The van der Waals surface area contributed by atoms with E-state index in [1.165, 1.54) is 0 Å². The van der Waals surface area contributed by atoms with Crippen LogP contribution in [0.15, 0.2) is 48.8 Å². The summed E-state index contributed by atoms with van der Waals surface area (Å²) in [4.78, 5) is 30.6. The highest BCUT2D eigenvalue weighted by molar-refractivity contribution is 5.79. The van der Waals surface area contributed by atoms with Gasteiger partial charge in [0.25, 0.3) is 0 Å². The van der Waals surface area contributed by atoms with Crippen molar-refractivity contribution in [1.82, 2.24) is 20.5 Å². The molecule has 1 aromatic heterocycles. The van der Waals surface area contributed by atoms with E-state index in [2.05, 4.69) is 34.7 Å². The molecule has 0 aliphatic carbocycles. The number of urea groups is 1. The van der Waals surface area contributed by atoms with Gasteiger partial charge in [-0.2, -0.15) is 0 Å². The number of rotatable bonds is 3. The molecule has 4 rings (SSSR count). The number of carbonyl (C=O) groups is 2. The Morgan fingerprint density at radius 2 is 1.89 bits per heavy atom. The van der Waals surface area contributed by atoms with Crippen LogP contribution in [-0.2, 0) is 4.79 Å². The fourth-order valence-electron chi connectivity index (χ4n) is 4.31. The van der Waals surface area contributed by atoms with Gasteiger partial charge in [-0.3, -0.25) is 9.78 Å².